The Morgan fingerprint density at radius 2 is 2.25 bits per heavy atom. The van der Waals surface area contributed by atoms with Gasteiger partial charge in [0.2, 0.25) is 5.13 Å². The zero-order valence-electron chi connectivity index (χ0n) is 10.7. The third-order valence-corrected chi connectivity index (χ3v) is 5.14. The molecule has 2 aromatic heterocycles. The van der Waals surface area contributed by atoms with Gasteiger partial charge in [-0.25, -0.2) is 0 Å². The first-order valence-corrected chi connectivity index (χ1v) is 8.24. The Kier molecular flexibility index (Phi) is 3.68. The van der Waals surface area contributed by atoms with E-state index in [1.54, 1.807) is 23.3 Å². The maximum atomic E-state index is 12.2. The highest BCUT2D eigenvalue weighted by molar-refractivity contribution is 8.18. The fraction of sp³-hybridized carbons (Fsp3) is 0.167. The quantitative estimate of drug-likeness (QED) is 0.797. The van der Waals surface area contributed by atoms with Gasteiger partial charge >= 0.3 is 0 Å². The monoisotopic (exact) mass is 322 g/mol. The maximum Gasteiger partial charge on any atom is 0.266 e. The topological polar surface area (TPSA) is 58.5 Å². The standard InChI is InChI=1S/C12H10N4OS3/c1-7-14-15-11(19-7)13-12-16(2)10(17)9(20-12)6-8-4-3-5-18-8/h3-6H,1-2H3/b9-6+,13-12+. The summed E-state index contributed by atoms with van der Waals surface area (Å²) in [5.41, 5.74) is 0. The molecule has 3 rings (SSSR count). The highest BCUT2D eigenvalue weighted by atomic mass is 32.2. The number of thioether (sulfide) groups is 1. The van der Waals surface area contributed by atoms with E-state index < -0.39 is 0 Å². The Labute approximate surface area is 128 Å². The summed E-state index contributed by atoms with van der Waals surface area (Å²) in [5.74, 6) is -0.0385. The minimum Gasteiger partial charge on any atom is -0.289 e. The summed E-state index contributed by atoms with van der Waals surface area (Å²) in [5, 5.41) is 11.9. The second-order valence-electron chi connectivity index (χ2n) is 3.99. The Balaban J connectivity index is 1.89. The summed E-state index contributed by atoms with van der Waals surface area (Å²) < 4.78 is 0. The molecule has 0 saturated carbocycles. The molecular weight excluding hydrogens is 312 g/mol. The number of aliphatic imine (C=N–C) groups is 1. The van der Waals surface area contributed by atoms with Crippen LogP contribution in [0.4, 0.5) is 5.13 Å². The molecule has 0 radical (unpaired) electrons. The molecule has 102 valence electrons. The van der Waals surface area contributed by atoms with Gasteiger partial charge in [-0.2, -0.15) is 4.99 Å². The number of amidine groups is 1. The van der Waals surface area contributed by atoms with Crippen LogP contribution in [0.2, 0.25) is 0 Å². The Morgan fingerprint density at radius 1 is 1.40 bits per heavy atom. The van der Waals surface area contributed by atoms with Crippen LogP contribution in [0.3, 0.4) is 0 Å². The van der Waals surface area contributed by atoms with Gasteiger partial charge in [-0.1, -0.05) is 17.4 Å². The lowest BCUT2D eigenvalue weighted by Gasteiger charge is -2.05. The van der Waals surface area contributed by atoms with Gasteiger partial charge in [-0.05, 0) is 36.2 Å². The SMILES string of the molecule is Cc1nnc(/N=C2/S/C(=C/c3cccs3)C(=O)N2C)s1. The molecule has 1 amide bonds. The molecule has 1 aliphatic rings. The predicted molar refractivity (Wildman–Crippen MR) is 84.4 cm³/mol. The van der Waals surface area contributed by atoms with Crippen LogP contribution in [-0.2, 0) is 4.79 Å². The van der Waals surface area contributed by atoms with Gasteiger partial charge in [-0.15, -0.1) is 21.5 Å². The predicted octanol–water partition coefficient (Wildman–Crippen LogP) is 3.14. The molecule has 5 nitrogen and oxygen atoms in total. The van der Waals surface area contributed by atoms with E-state index >= 15 is 0 Å². The smallest absolute Gasteiger partial charge is 0.266 e. The largest absolute Gasteiger partial charge is 0.289 e. The van der Waals surface area contributed by atoms with E-state index in [1.807, 2.05) is 30.5 Å². The Hall–Kier alpha value is -1.51. The van der Waals surface area contributed by atoms with Crippen molar-refractivity contribution in [3.05, 3.63) is 32.3 Å². The van der Waals surface area contributed by atoms with Gasteiger partial charge in [0.25, 0.3) is 5.91 Å². The summed E-state index contributed by atoms with van der Waals surface area (Å²) in [6.45, 7) is 1.88. The van der Waals surface area contributed by atoms with Crippen molar-refractivity contribution in [1.82, 2.24) is 15.1 Å². The first kappa shape index (κ1) is 13.5. The highest BCUT2D eigenvalue weighted by Crippen LogP contribution is 2.34. The van der Waals surface area contributed by atoms with Crippen molar-refractivity contribution in [2.24, 2.45) is 4.99 Å². The maximum absolute atomic E-state index is 12.2. The van der Waals surface area contributed by atoms with E-state index in [0.717, 1.165) is 9.88 Å². The van der Waals surface area contributed by atoms with E-state index in [1.165, 1.54) is 23.1 Å². The van der Waals surface area contributed by atoms with Crippen molar-refractivity contribution in [3.8, 4) is 0 Å². The van der Waals surface area contributed by atoms with Gasteiger partial charge in [0.1, 0.15) is 5.01 Å². The van der Waals surface area contributed by atoms with Crippen LogP contribution >= 0.6 is 34.4 Å². The van der Waals surface area contributed by atoms with Crippen LogP contribution in [0.25, 0.3) is 6.08 Å². The van der Waals surface area contributed by atoms with Crippen molar-refractivity contribution >= 4 is 56.7 Å². The summed E-state index contributed by atoms with van der Waals surface area (Å²) in [6.07, 6.45) is 1.89. The number of likely N-dealkylation sites (N-methyl/N-ethyl adjacent to an activating group) is 1. The van der Waals surface area contributed by atoms with Gasteiger partial charge in [0.15, 0.2) is 5.17 Å². The first-order valence-electron chi connectivity index (χ1n) is 5.73. The number of hydrogen-bond acceptors (Lipinski definition) is 7. The molecule has 0 unspecified atom stereocenters. The second kappa shape index (κ2) is 5.47. The fourth-order valence-corrected chi connectivity index (χ4v) is 3.88. The highest BCUT2D eigenvalue weighted by Gasteiger charge is 2.30. The number of carbonyl (C=O) groups excluding carboxylic acids is 1. The lowest BCUT2D eigenvalue weighted by Crippen LogP contribution is -2.23. The summed E-state index contributed by atoms with van der Waals surface area (Å²) in [6, 6.07) is 3.94. The fourth-order valence-electron chi connectivity index (χ4n) is 1.57. The molecular formula is C12H10N4OS3. The molecule has 20 heavy (non-hydrogen) atoms. The number of carbonyl (C=O) groups is 1. The van der Waals surface area contributed by atoms with Gasteiger partial charge in [0, 0.05) is 11.9 Å². The van der Waals surface area contributed by atoms with Gasteiger partial charge in [-0.3, -0.25) is 9.69 Å². The average molecular weight is 322 g/mol. The molecule has 0 aromatic carbocycles. The van der Waals surface area contributed by atoms with Crippen molar-refractivity contribution in [2.45, 2.75) is 6.92 Å². The minimum atomic E-state index is -0.0385. The lowest BCUT2D eigenvalue weighted by atomic mass is 10.4. The second-order valence-corrected chi connectivity index (χ2v) is 7.14. The van der Waals surface area contributed by atoms with E-state index in [-0.39, 0.29) is 5.91 Å². The summed E-state index contributed by atoms with van der Waals surface area (Å²) in [7, 11) is 1.72. The number of hydrogen-bond donors (Lipinski definition) is 0. The van der Waals surface area contributed by atoms with Crippen molar-refractivity contribution in [3.63, 3.8) is 0 Å². The molecule has 1 fully saturated rings. The van der Waals surface area contributed by atoms with Crippen LogP contribution in [-0.4, -0.2) is 33.2 Å². The Morgan fingerprint density at radius 3 is 2.90 bits per heavy atom. The van der Waals surface area contributed by atoms with Gasteiger partial charge < -0.3 is 0 Å². The van der Waals surface area contributed by atoms with Crippen molar-refractivity contribution in [1.29, 1.82) is 0 Å². The number of aryl methyl sites for hydroxylation is 1. The molecule has 0 spiro atoms. The van der Waals surface area contributed by atoms with Crippen molar-refractivity contribution < 1.29 is 4.79 Å². The first-order chi connectivity index (χ1) is 9.63. The normalized spacial score (nSPS) is 19.5. The van der Waals surface area contributed by atoms with Gasteiger partial charge in [0.05, 0.1) is 4.91 Å². The number of thiophene rings is 1. The van der Waals surface area contributed by atoms with E-state index in [9.17, 15) is 4.79 Å². The molecule has 0 atom stereocenters. The minimum absolute atomic E-state index is 0.0385. The summed E-state index contributed by atoms with van der Waals surface area (Å²) >= 11 is 4.37. The number of nitrogens with zero attached hydrogens (tertiary/aromatic N) is 4. The average Bonchev–Trinajstić information content (AvgIpc) is 3.11. The Bertz CT molecular complexity index is 702. The number of rotatable bonds is 2. The molecule has 1 aliphatic heterocycles. The molecule has 0 aliphatic carbocycles. The summed E-state index contributed by atoms with van der Waals surface area (Å²) in [4.78, 5) is 19.8. The van der Waals surface area contributed by atoms with Crippen LogP contribution in [0, 0.1) is 6.92 Å². The molecule has 0 bridgehead atoms. The number of aromatic nitrogens is 2. The third-order valence-electron chi connectivity index (χ3n) is 2.53. The molecule has 1 saturated heterocycles. The van der Waals surface area contributed by atoms with Crippen LogP contribution in [0.5, 0.6) is 0 Å². The third kappa shape index (κ3) is 2.67. The molecule has 0 N–H and O–H groups in total. The van der Waals surface area contributed by atoms with Crippen LogP contribution in [0.1, 0.15) is 9.88 Å². The zero-order chi connectivity index (χ0) is 14.1. The molecule has 8 heteroatoms. The number of amides is 1. The molecule has 2 aromatic rings. The zero-order valence-corrected chi connectivity index (χ0v) is 13.2. The van der Waals surface area contributed by atoms with Crippen LogP contribution in [0.15, 0.2) is 27.4 Å². The van der Waals surface area contributed by atoms with E-state index in [0.29, 0.717) is 15.2 Å². The van der Waals surface area contributed by atoms with E-state index in [4.69, 9.17) is 0 Å². The van der Waals surface area contributed by atoms with E-state index in [2.05, 4.69) is 15.2 Å². The lowest BCUT2D eigenvalue weighted by molar-refractivity contribution is -0.121. The van der Waals surface area contributed by atoms with Crippen LogP contribution < -0.4 is 0 Å². The molecule has 3 heterocycles. The van der Waals surface area contributed by atoms with Crippen molar-refractivity contribution in [2.75, 3.05) is 7.05 Å².